The van der Waals surface area contributed by atoms with E-state index in [4.69, 9.17) is 32.7 Å². The predicted molar refractivity (Wildman–Crippen MR) is 141 cm³/mol. The minimum absolute atomic E-state index is 0.0329. The van der Waals surface area contributed by atoms with Crippen molar-refractivity contribution in [3.63, 3.8) is 0 Å². The maximum atomic E-state index is 13.3. The normalized spacial score (nSPS) is 11.2. The van der Waals surface area contributed by atoms with Crippen LogP contribution in [0.5, 0.6) is 5.75 Å². The number of esters is 1. The summed E-state index contributed by atoms with van der Waals surface area (Å²) >= 11 is 12.1. The molecule has 0 aromatic heterocycles. The van der Waals surface area contributed by atoms with Crippen LogP contribution in [0.15, 0.2) is 36.4 Å². The summed E-state index contributed by atoms with van der Waals surface area (Å²) in [5.41, 5.74) is -0.0931. The van der Waals surface area contributed by atoms with Gasteiger partial charge in [0.1, 0.15) is 16.9 Å². The van der Waals surface area contributed by atoms with Crippen molar-refractivity contribution in [3.8, 4) is 5.75 Å². The molecule has 1 N–H and O–H groups in total. The number of hydrogen-bond donors (Lipinski definition) is 1. The smallest absolute Gasteiger partial charge is 0.375 e. The number of anilines is 1. The first kappa shape index (κ1) is 30.1. The lowest BCUT2D eigenvalue weighted by atomic mass is 9.96. The molecule has 0 saturated carbocycles. The van der Waals surface area contributed by atoms with Crippen molar-refractivity contribution in [1.82, 2.24) is 0 Å². The Balaban J connectivity index is 2.38. The van der Waals surface area contributed by atoms with Gasteiger partial charge in [-0.05, 0) is 62.9 Å². The molecule has 8 nitrogen and oxygen atoms in total. The van der Waals surface area contributed by atoms with Crippen LogP contribution >= 0.6 is 23.2 Å². The Labute approximate surface area is 226 Å². The van der Waals surface area contributed by atoms with Gasteiger partial charge in [0.15, 0.2) is 0 Å². The molecular formula is C27H31Cl2NO7. The van der Waals surface area contributed by atoms with E-state index in [1.807, 2.05) is 13.8 Å². The average Bonchev–Trinajstić information content (AvgIpc) is 2.78. The standard InChI is InChI=1S/C27H31Cl2NO7/c1-6-36-23-12-18(8-9-19(23)25(33)34)30(15-17-7-10-20(28)21(29)11-17)24(32)13-22(31)26(35)37-27(4,5)14-16(2)3/h7-12,16H,6,13-15H2,1-5H3,(H,33,34). The van der Waals surface area contributed by atoms with Crippen molar-refractivity contribution in [3.05, 3.63) is 57.6 Å². The summed E-state index contributed by atoms with van der Waals surface area (Å²) in [6, 6.07) is 8.94. The van der Waals surface area contributed by atoms with Gasteiger partial charge < -0.3 is 19.5 Å². The van der Waals surface area contributed by atoms with Gasteiger partial charge in [-0.2, -0.15) is 0 Å². The van der Waals surface area contributed by atoms with Crippen LogP contribution in [0.3, 0.4) is 0 Å². The van der Waals surface area contributed by atoms with Crippen LogP contribution in [0.2, 0.25) is 10.0 Å². The minimum atomic E-state index is -1.20. The monoisotopic (exact) mass is 551 g/mol. The number of benzene rings is 2. The molecule has 0 radical (unpaired) electrons. The van der Waals surface area contributed by atoms with Gasteiger partial charge in [-0.15, -0.1) is 0 Å². The zero-order valence-corrected chi connectivity index (χ0v) is 23.0. The van der Waals surface area contributed by atoms with Crippen molar-refractivity contribution in [1.29, 1.82) is 0 Å². The van der Waals surface area contributed by atoms with Crippen molar-refractivity contribution >= 4 is 52.5 Å². The van der Waals surface area contributed by atoms with Crippen molar-refractivity contribution in [2.75, 3.05) is 11.5 Å². The second-order valence-electron chi connectivity index (χ2n) is 9.49. The second-order valence-corrected chi connectivity index (χ2v) is 10.3. The van der Waals surface area contributed by atoms with Crippen LogP contribution in [0.4, 0.5) is 5.69 Å². The summed E-state index contributed by atoms with van der Waals surface area (Å²) < 4.78 is 10.8. The molecule has 0 aliphatic heterocycles. The zero-order chi connectivity index (χ0) is 27.9. The Morgan fingerprint density at radius 3 is 2.27 bits per heavy atom. The molecule has 0 heterocycles. The Morgan fingerprint density at radius 2 is 1.70 bits per heavy atom. The van der Waals surface area contributed by atoms with E-state index in [-0.39, 0.29) is 41.1 Å². The van der Waals surface area contributed by atoms with Crippen LogP contribution < -0.4 is 9.64 Å². The fraction of sp³-hybridized carbons (Fsp3) is 0.407. The van der Waals surface area contributed by atoms with E-state index in [1.165, 1.54) is 23.1 Å². The summed E-state index contributed by atoms with van der Waals surface area (Å²) in [4.78, 5) is 51.3. The third kappa shape index (κ3) is 8.76. The first-order valence-corrected chi connectivity index (χ1v) is 12.5. The molecule has 0 aliphatic rings. The summed E-state index contributed by atoms with van der Waals surface area (Å²) in [6.07, 6.45) is -0.206. The number of amides is 1. The lowest BCUT2D eigenvalue weighted by Gasteiger charge is -2.27. The van der Waals surface area contributed by atoms with Crippen molar-refractivity contribution in [2.24, 2.45) is 5.92 Å². The first-order chi connectivity index (χ1) is 17.2. The summed E-state index contributed by atoms with van der Waals surface area (Å²) in [5.74, 6) is -3.69. The molecule has 2 aromatic carbocycles. The molecule has 2 aromatic rings. The third-order valence-corrected chi connectivity index (χ3v) is 5.98. The van der Waals surface area contributed by atoms with E-state index in [0.717, 1.165) is 0 Å². The van der Waals surface area contributed by atoms with Gasteiger partial charge in [0.05, 0.1) is 29.6 Å². The summed E-state index contributed by atoms with van der Waals surface area (Å²) in [6.45, 7) is 9.20. The molecule has 1 amide bonds. The van der Waals surface area contributed by atoms with Crippen LogP contribution in [-0.4, -0.2) is 40.9 Å². The van der Waals surface area contributed by atoms with Crippen LogP contribution in [-0.2, 0) is 25.7 Å². The number of halogens is 2. The van der Waals surface area contributed by atoms with E-state index in [1.54, 1.807) is 39.0 Å². The number of carbonyl (C=O) groups is 4. The maximum absolute atomic E-state index is 13.3. The van der Waals surface area contributed by atoms with Gasteiger partial charge in [0.25, 0.3) is 0 Å². The highest BCUT2D eigenvalue weighted by Crippen LogP contribution is 2.30. The highest BCUT2D eigenvalue weighted by molar-refractivity contribution is 6.42. The fourth-order valence-electron chi connectivity index (χ4n) is 3.91. The Morgan fingerprint density at radius 1 is 1.03 bits per heavy atom. The highest BCUT2D eigenvalue weighted by atomic mass is 35.5. The number of carboxylic acid groups (broad SMARTS) is 1. The van der Waals surface area contributed by atoms with Gasteiger partial charge in [-0.25, -0.2) is 9.59 Å². The molecular weight excluding hydrogens is 521 g/mol. The topological polar surface area (TPSA) is 110 Å². The lowest BCUT2D eigenvalue weighted by molar-refractivity contribution is -0.165. The number of carboxylic acids is 1. The number of ketones is 1. The SMILES string of the molecule is CCOc1cc(N(Cc2ccc(Cl)c(Cl)c2)C(=O)CC(=O)C(=O)OC(C)(C)CC(C)C)ccc1C(=O)O. The Kier molecular flexibility index (Phi) is 10.5. The van der Waals surface area contributed by atoms with Gasteiger partial charge in [0.2, 0.25) is 11.7 Å². The molecule has 200 valence electrons. The third-order valence-electron chi connectivity index (χ3n) is 5.24. The first-order valence-electron chi connectivity index (χ1n) is 11.7. The molecule has 0 fully saturated rings. The number of aromatic carboxylic acids is 1. The maximum Gasteiger partial charge on any atom is 0.375 e. The van der Waals surface area contributed by atoms with Crippen LogP contribution in [0.1, 0.15) is 63.4 Å². The predicted octanol–water partition coefficient (Wildman–Crippen LogP) is 5.95. The second kappa shape index (κ2) is 12.9. The minimum Gasteiger partial charge on any atom is -0.493 e. The largest absolute Gasteiger partial charge is 0.493 e. The number of nitrogens with zero attached hydrogens (tertiary/aromatic N) is 1. The number of ether oxygens (including phenoxy) is 2. The van der Waals surface area contributed by atoms with E-state index in [9.17, 15) is 24.3 Å². The van der Waals surface area contributed by atoms with Gasteiger partial charge in [0, 0.05) is 11.8 Å². The quantitative estimate of drug-likeness (QED) is 0.197. The van der Waals surface area contributed by atoms with Gasteiger partial charge in [-0.1, -0.05) is 43.1 Å². The van der Waals surface area contributed by atoms with E-state index < -0.39 is 35.7 Å². The molecule has 0 bridgehead atoms. The molecule has 0 spiro atoms. The summed E-state index contributed by atoms with van der Waals surface area (Å²) in [7, 11) is 0. The van der Waals surface area contributed by atoms with Gasteiger partial charge in [-0.3, -0.25) is 9.59 Å². The van der Waals surface area contributed by atoms with Crippen molar-refractivity contribution < 1.29 is 33.8 Å². The number of rotatable bonds is 12. The Hall–Kier alpha value is -3.10. The lowest BCUT2D eigenvalue weighted by Crippen LogP contribution is -2.37. The van der Waals surface area contributed by atoms with E-state index in [2.05, 4.69) is 0 Å². The number of Topliss-reactive ketones (excluding diaryl/α,β-unsaturated/α-hetero) is 1. The average molecular weight is 552 g/mol. The molecule has 37 heavy (non-hydrogen) atoms. The molecule has 2 rings (SSSR count). The summed E-state index contributed by atoms with van der Waals surface area (Å²) in [5, 5.41) is 10.1. The van der Waals surface area contributed by atoms with Crippen LogP contribution in [0.25, 0.3) is 0 Å². The molecule has 0 aliphatic carbocycles. The highest BCUT2D eigenvalue weighted by Gasteiger charge is 2.30. The van der Waals surface area contributed by atoms with Crippen molar-refractivity contribution in [2.45, 2.75) is 59.6 Å². The molecule has 0 unspecified atom stereocenters. The van der Waals surface area contributed by atoms with Crippen LogP contribution in [0, 0.1) is 5.92 Å². The zero-order valence-electron chi connectivity index (χ0n) is 21.5. The number of carbonyl (C=O) groups excluding carboxylic acids is 3. The molecule has 0 atom stereocenters. The molecule has 10 heteroatoms. The van der Waals surface area contributed by atoms with Gasteiger partial charge >= 0.3 is 11.9 Å². The fourth-order valence-corrected chi connectivity index (χ4v) is 4.23. The van der Waals surface area contributed by atoms with E-state index >= 15 is 0 Å². The Bertz CT molecular complexity index is 1180. The van der Waals surface area contributed by atoms with E-state index in [0.29, 0.717) is 17.0 Å². The molecule has 0 saturated heterocycles. The number of hydrogen-bond acceptors (Lipinski definition) is 6.